The van der Waals surface area contributed by atoms with Crippen molar-refractivity contribution in [2.75, 3.05) is 29.6 Å². The first-order valence-corrected chi connectivity index (χ1v) is 11.1. The first-order valence-electron chi connectivity index (χ1n) is 11.1. The van der Waals surface area contributed by atoms with Crippen molar-refractivity contribution >= 4 is 28.1 Å². The maximum Gasteiger partial charge on any atom is 0.416 e. The van der Waals surface area contributed by atoms with Crippen molar-refractivity contribution in [3.8, 4) is 0 Å². The van der Waals surface area contributed by atoms with Crippen LogP contribution in [0.3, 0.4) is 0 Å². The number of fused-ring (bicyclic) bond motifs is 3. The van der Waals surface area contributed by atoms with Gasteiger partial charge in [-0.15, -0.1) is 0 Å². The number of nitrogens with two attached hydrogens (primary N) is 1. The second kappa shape index (κ2) is 8.06. The van der Waals surface area contributed by atoms with Crippen LogP contribution in [0.5, 0.6) is 0 Å². The molecule has 9 heteroatoms. The summed E-state index contributed by atoms with van der Waals surface area (Å²) in [4.78, 5) is 9.34. The first-order chi connectivity index (χ1) is 15.7. The summed E-state index contributed by atoms with van der Waals surface area (Å²) in [5.41, 5.74) is 10.0. The molecule has 0 bridgehead atoms. The summed E-state index contributed by atoms with van der Waals surface area (Å²) in [6.45, 7) is 4.99. The minimum atomic E-state index is -4.46. The third kappa shape index (κ3) is 4.17. The van der Waals surface area contributed by atoms with Crippen molar-refractivity contribution in [1.29, 1.82) is 0 Å². The fourth-order valence-corrected chi connectivity index (χ4v) is 4.64. The van der Waals surface area contributed by atoms with Gasteiger partial charge in [0.1, 0.15) is 11.6 Å². The molecule has 1 atom stereocenters. The van der Waals surface area contributed by atoms with Crippen LogP contribution in [0.4, 0.5) is 30.4 Å². The molecule has 1 fully saturated rings. The van der Waals surface area contributed by atoms with E-state index in [0.717, 1.165) is 48.0 Å². The van der Waals surface area contributed by atoms with E-state index in [1.54, 1.807) is 13.0 Å². The Kier molecular flexibility index (Phi) is 5.31. The summed E-state index contributed by atoms with van der Waals surface area (Å²) < 4.78 is 45.2. The number of aryl methyl sites for hydroxylation is 2. The van der Waals surface area contributed by atoms with Gasteiger partial charge in [-0.3, -0.25) is 0 Å². The molecule has 1 aromatic heterocycles. The minimum Gasteiger partial charge on any atom is -0.399 e. The Morgan fingerprint density at radius 1 is 1.09 bits per heavy atom. The van der Waals surface area contributed by atoms with Gasteiger partial charge in [0.05, 0.1) is 36.4 Å². The molecule has 1 saturated heterocycles. The molecule has 4 N–H and O–H groups in total. The molecular weight excluding hydrogens is 431 g/mol. The Labute approximate surface area is 189 Å². The SMILES string of the molecule is Cc1nc(NC(C)c2cc(N)cc(C(F)(F)F)c2)c2cc(NC3COC3)c3c(c2n1)CCC3. The van der Waals surface area contributed by atoms with Gasteiger partial charge in [0.2, 0.25) is 0 Å². The molecule has 2 aliphatic rings. The molecule has 0 saturated carbocycles. The smallest absolute Gasteiger partial charge is 0.399 e. The summed E-state index contributed by atoms with van der Waals surface area (Å²) in [7, 11) is 0. The van der Waals surface area contributed by atoms with E-state index in [2.05, 4.69) is 21.7 Å². The number of nitrogen functional groups attached to an aromatic ring is 1. The fraction of sp³-hybridized carbons (Fsp3) is 0.417. The van der Waals surface area contributed by atoms with Gasteiger partial charge in [0.15, 0.2) is 0 Å². The second-order valence-corrected chi connectivity index (χ2v) is 8.88. The van der Waals surface area contributed by atoms with E-state index in [0.29, 0.717) is 30.4 Å². The molecule has 0 amide bonds. The Bertz CT molecular complexity index is 1220. The van der Waals surface area contributed by atoms with Crippen molar-refractivity contribution in [2.45, 2.75) is 51.4 Å². The third-order valence-electron chi connectivity index (χ3n) is 6.33. The molecule has 1 unspecified atom stereocenters. The van der Waals surface area contributed by atoms with Crippen LogP contribution in [0, 0.1) is 6.92 Å². The number of nitrogens with one attached hydrogen (secondary N) is 2. The van der Waals surface area contributed by atoms with Crippen LogP contribution < -0.4 is 16.4 Å². The topological polar surface area (TPSA) is 85.1 Å². The molecule has 6 nitrogen and oxygen atoms in total. The highest BCUT2D eigenvalue weighted by Gasteiger charge is 2.31. The fourth-order valence-electron chi connectivity index (χ4n) is 4.64. The maximum absolute atomic E-state index is 13.3. The third-order valence-corrected chi connectivity index (χ3v) is 6.33. The van der Waals surface area contributed by atoms with Crippen LogP contribution in [-0.4, -0.2) is 29.2 Å². The monoisotopic (exact) mass is 457 g/mol. The molecule has 174 valence electrons. The van der Waals surface area contributed by atoms with E-state index in [9.17, 15) is 13.2 Å². The number of anilines is 3. The van der Waals surface area contributed by atoms with Gasteiger partial charge in [-0.1, -0.05) is 0 Å². The lowest BCUT2D eigenvalue weighted by atomic mass is 10.0. The average Bonchev–Trinajstić information content (AvgIpc) is 3.20. The lowest BCUT2D eigenvalue weighted by Crippen LogP contribution is -2.40. The molecule has 3 aromatic rings. The van der Waals surface area contributed by atoms with Crippen LogP contribution in [0.15, 0.2) is 24.3 Å². The first kappa shape index (κ1) is 21.8. The molecule has 1 aliphatic heterocycles. The molecular formula is C24H26F3N5O. The lowest BCUT2D eigenvalue weighted by molar-refractivity contribution is -0.137. The van der Waals surface area contributed by atoms with Crippen molar-refractivity contribution in [3.05, 3.63) is 52.3 Å². The Morgan fingerprint density at radius 3 is 2.55 bits per heavy atom. The number of hydrogen-bond donors (Lipinski definition) is 3. The van der Waals surface area contributed by atoms with Gasteiger partial charge in [0.25, 0.3) is 0 Å². The number of aromatic nitrogens is 2. The molecule has 5 rings (SSSR count). The summed E-state index contributed by atoms with van der Waals surface area (Å²) in [5, 5.41) is 7.76. The Balaban J connectivity index is 1.55. The maximum atomic E-state index is 13.3. The van der Waals surface area contributed by atoms with Crippen molar-refractivity contribution < 1.29 is 17.9 Å². The van der Waals surface area contributed by atoms with Gasteiger partial charge < -0.3 is 21.1 Å². The van der Waals surface area contributed by atoms with Crippen molar-refractivity contribution in [2.24, 2.45) is 0 Å². The normalized spacial score (nSPS) is 17.0. The Morgan fingerprint density at radius 2 is 1.85 bits per heavy atom. The van der Waals surface area contributed by atoms with Crippen LogP contribution >= 0.6 is 0 Å². The van der Waals surface area contributed by atoms with E-state index >= 15 is 0 Å². The second-order valence-electron chi connectivity index (χ2n) is 8.88. The molecule has 0 spiro atoms. The highest BCUT2D eigenvalue weighted by Crippen LogP contribution is 2.39. The number of halogens is 3. The molecule has 1 aliphatic carbocycles. The number of alkyl halides is 3. The number of ether oxygens (including phenoxy) is 1. The molecule has 0 radical (unpaired) electrons. The zero-order chi connectivity index (χ0) is 23.3. The molecule has 2 heterocycles. The summed E-state index contributed by atoms with van der Waals surface area (Å²) in [5.74, 6) is 1.21. The van der Waals surface area contributed by atoms with E-state index in [1.807, 2.05) is 6.92 Å². The van der Waals surface area contributed by atoms with E-state index in [1.165, 1.54) is 11.1 Å². The highest BCUT2D eigenvalue weighted by atomic mass is 19.4. The van der Waals surface area contributed by atoms with Gasteiger partial charge in [-0.05, 0) is 74.1 Å². The zero-order valence-electron chi connectivity index (χ0n) is 18.5. The summed E-state index contributed by atoms with van der Waals surface area (Å²) in [6, 6.07) is 5.54. The van der Waals surface area contributed by atoms with Crippen molar-refractivity contribution in [1.82, 2.24) is 9.97 Å². The summed E-state index contributed by atoms with van der Waals surface area (Å²) in [6.07, 6.45) is -1.46. The quantitative estimate of drug-likeness (QED) is 0.467. The highest BCUT2D eigenvalue weighted by molar-refractivity contribution is 5.96. The van der Waals surface area contributed by atoms with Crippen LogP contribution in [0.2, 0.25) is 0 Å². The van der Waals surface area contributed by atoms with Gasteiger partial charge in [0, 0.05) is 16.8 Å². The van der Waals surface area contributed by atoms with Crippen LogP contribution in [0.25, 0.3) is 10.9 Å². The number of benzene rings is 2. The van der Waals surface area contributed by atoms with E-state index in [-0.39, 0.29) is 11.7 Å². The molecule has 2 aromatic carbocycles. The average molecular weight is 458 g/mol. The number of rotatable bonds is 5. The molecule has 33 heavy (non-hydrogen) atoms. The number of hydrogen-bond acceptors (Lipinski definition) is 6. The Hall–Kier alpha value is -3.07. The zero-order valence-corrected chi connectivity index (χ0v) is 18.5. The standard InChI is InChI=1S/C24H26F3N5O/c1-12(14-6-15(24(25,26)27)8-16(28)7-14)29-23-20-9-21(32-17-10-33-11-17)18-4-3-5-19(18)22(20)30-13(2)31-23/h6-9,12,17,32H,3-5,10-11,28H2,1-2H3,(H,29,30,31). The van der Waals surface area contributed by atoms with Crippen LogP contribution in [-0.2, 0) is 23.8 Å². The van der Waals surface area contributed by atoms with E-state index < -0.39 is 17.8 Å². The summed E-state index contributed by atoms with van der Waals surface area (Å²) >= 11 is 0. The van der Waals surface area contributed by atoms with Gasteiger partial charge in [-0.25, -0.2) is 9.97 Å². The van der Waals surface area contributed by atoms with Gasteiger partial charge >= 0.3 is 6.18 Å². The largest absolute Gasteiger partial charge is 0.416 e. The minimum absolute atomic E-state index is 0.0734. The lowest BCUT2D eigenvalue weighted by Gasteiger charge is -2.29. The van der Waals surface area contributed by atoms with Crippen molar-refractivity contribution in [3.63, 3.8) is 0 Å². The van der Waals surface area contributed by atoms with Gasteiger partial charge in [-0.2, -0.15) is 13.2 Å². The van der Waals surface area contributed by atoms with E-state index in [4.69, 9.17) is 15.5 Å². The van der Waals surface area contributed by atoms with Crippen LogP contribution in [0.1, 0.15) is 47.5 Å². The predicted molar refractivity (Wildman–Crippen MR) is 122 cm³/mol. The predicted octanol–water partition coefficient (Wildman–Crippen LogP) is 5.01. The number of nitrogens with zero attached hydrogens (tertiary/aromatic N) is 2.